The third-order valence-corrected chi connectivity index (χ3v) is 3.68. The van der Waals surface area contributed by atoms with Crippen LogP contribution in [0.25, 0.3) is 0 Å². The predicted molar refractivity (Wildman–Crippen MR) is 102 cm³/mol. The van der Waals surface area contributed by atoms with Crippen LogP contribution in [0.2, 0.25) is 0 Å². The third kappa shape index (κ3) is 10.1. The molecule has 0 aromatic heterocycles. The van der Waals surface area contributed by atoms with Gasteiger partial charge < -0.3 is 20.5 Å². The number of carbonyl (C=O) groups is 1. The van der Waals surface area contributed by atoms with Crippen molar-refractivity contribution in [3.05, 3.63) is 35.9 Å². The fourth-order valence-electron chi connectivity index (χ4n) is 2.65. The number of ether oxygens (including phenoxy) is 1. The summed E-state index contributed by atoms with van der Waals surface area (Å²) in [6, 6.07) is 9.95. The van der Waals surface area contributed by atoms with Gasteiger partial charge in [-0.05, 0) is 45.1 Å². The Morgan fingerprint density at radius 1 is 1.16 bits per heavy atom. The van der Waals surface area contributed by atoms with E-state index in [1.165, 1.54) is 0 Å². The van der Waals surface area contributed by atoms with Gasteiger partial charge in [-0.25, -0.2) is 4.79 Å². The van der Waals surface area contributed by atoms with Crippen LogP contribution in [0.15, 0.2) is 30.3 Å². The van der Waals surface area contributed by atoms with Crippen LogP contribution >= 0.6 is 0 Å². The highest BCUT2D eigenvalue weighted by Gasteiger charge is 2.20. The molecule has 0 fully saturated rings. The first-order valence-corrected chi connectivity index (χ1v) is 9.07. The Kier molecular flexibility index (Phi) is 8.93. The van der Waals surface area contributed by atoms with Gasteiger partial charge in [0, 0.05) is 18.6 Å². The summed E-state index contributed by atoms with van der Waals surface area (Å²) < 4.78 is 5.38. The SMILES string of the molecule is CC(C)C[C@@H](CO)NC[C@H](Cc1ccccc1)NC(=O)OC(C)(C)C. The largest absolute Gasteiger partial charge is 0.444 e. The Balaban J connectivity index is 2.68. The summed E-state index contributed by atoms with van der Waals surface area (Å²) in [4.78, 5) is 12.1. The van der Waals surface area contributed by atoms with Gasteiger partial charge in [-0.15, -0.1) is 0 Å². The molecule has 0 bridgehead atoms. The first kappa shape index (κ1) is 21.5. The van der Waals surface area contributed by atoms with E-state index in [2.05, 4.69) is 24.5 Å². The van der Waals surface area contributed by atoms with Gasteiger partial charge >= 0.3 is 6.09 Å². The van der Waals surface area contributed by atoms with Crippen molar-refractivity contribution in [1.29, 1.82) is 0 Å². The molecule has 1 aromatic rings. The van der Waals surface area contributed by atoms with E-state index in [9.17, 15) is 9.90 Å². The van der Waals surface area contributed by atoms with E-state index in [0.29, 0.717) is 18.9 Å². The predicted octanol–water partition coefficient (Wildman–Crippen LogP) is 3.12. The van der Waals surface area contributed by atoms with Gasteiger partial charge in [-0.2, -0.15) is 0 Å². The van der Waals surface area contributed by atoms with Crippen molar-refractivity contribution in [2.24, 2.45) is 5.92 Å². The lowest BCUT2D eigenvalue weighted by Crippen LogP contribution is -2.48. The second-order valence-electron chi connectivity index (χ2n) is 7.95. The zero-order valence-corrected chi connectivity index (χ0v) is 16.2. The summed E-state index contributed by atoms with van der Waals surface area (Å²) in [5.41, 5.74) is 0.620. The van der Waals surface area contributed by atoms with Gasteiger partial charge in [0.15, 0.2) is 0 Å². The Labute approximate surface area is 152 Å². The number of alkyl carbamates (subject to hydrolysis) is 1. The van der Waals surface area contributed by atoms with E-state index in [4.69, 9.17) is 4.74 Å². The van der Waals surface area contributed by atoms with E-state index >= 15 is 0 Å². The highest BCUT2D eigenvalue weighted by Crippen LogP contribution is 2.09. The molecule has 0 aliphatic rings. The maximum absolute atomic E-state index is 12.1. The number of amides is 1. The first-order valence-electron chi connectivity index (χ1n) is 9.07. The fourth-order valence-corrected chi connectivity index (χ4v) is 2.65. The lowest BCUT2D eigenvalue weighted by atomic mass is 10.0. The molecule has 0 saturated carbocycles. The minimum Gasteiger partial charge on any atom is -0.444 e. The molecular formula is C20H34N2O3. The highest BCUT2D eigenvalue weighted by molar-refractivity contribution is 5.68. The van der Waals surface area contributed by atoms with Gasteiger partial charge in [0.25, 0.3) is 0 Å². The molecular weight excluding hydrogens is 316 g/mol. The van der Waals surface area contributed by atoms with Crippen LogP contribution in [0.3, 0.4) is 0 Å². The molecule has 0 heterocycles. The molecule has 0 radical (unpaired) electrons. The molecule has 5 heteroatoms. The van der Waals surface area contributed by atoms with Crippen LogP contribution in [0.4, 0.5) is 4.79 Å². The molecule has 1 rings (SSSR count). The second-order valence-corrected chi connectivity index (χ2v) is 7.95. The van der Waals surface area contributed by atoms with Gasteiger partial charge in [-0.3, -0.25) is 0 Å². The normalized spacial score (nSPS) is 14.2. The Hall–Kier alpha value is -1.59. The average Bonchev–Trinajstić information content (AvgIpc) is 2.49. The summed E-state index contributed by atoms with van der Waals surface area (Å²) in [5, 5.41) is 15.9. The summed E-state index contributed by atoms with van der Waals surface area (Å²) in [5.74, 6) is 0.496. The van der Waals surface area contributed by atoms with Gasteiger partial charge in [0.2, 0.25) is 0 Å². The second kappa shape index (κ2) is 10.4. The standard InChI is InChI=1S/C20H34N2O3/c1-15(2)11-18(14-23)21-13-17(12-16-9-7-6-8-10-16)22-19(24)25-20(3,4)5/h6-10,15,17-18,21,23H,11-14H2,1-5H3,(H,22,24)/t17-,18-/m0/s1. The van der Waals surface area contributed by atoms with E-state index in [0.717, 1.165) is 12.0 Å². The molecule has 0 unspecified atom stereocenters. The van der Waals surface area contributed by atoms with Crippen LogP contribution < -0.4 is 10.6 Å². The van der Waals surface area contributed by atoms with Crippen molar-refractivity contribution in [2.75, 3.05) is 13.2 Å². The molecule has 0 aliphatic carbocycles. The maximum Gasteiger partial charge on any atom is 0.407 e. The molecule has 25 heavy (non-hydrogen) atoms. The highest BCUT2D eigenvalue weighted by atomic mass is 16.6. The van der Waals surface area contributed by atoms with Crippen molar-refractivity contribution in [1.82, 2.24) is 10.6 Å². The van der Waals surface area contributed by atoms with Crippen LogP contribution in [-0.2, 0) is 11.2 Å². The van der Waals surface area contributed by atoms with E-state index in [1.807, 2.05) is 51.1 Å². The molecule has 1 amide bonds. The van der Waals surface area contributed by atoms with E-state index in [-0.39, 0.29) is 18.7 Å². The van der Waals surface area contributed by atoms with Crippen molar-refractivity contribution in [3.63, 3.8) is 0 Å². The van der Waals surface area contributed by atoms with Crippen molar-refractivity contribution in [2.45, 2.75) is 65.1 Å². The van der Waals surface area contributed by atoms with Crippen molar-refractivity contribution < 1.29 is 14.6 Å². The molecule has 3 N–H and O–H groups in total. The molecule has 0 aliphatic heterocycles. The van der Waals surface area contributed by atoms with E-state index < -0.39 is 11.7 Å². The third-order valence-electron chi connectivity index (χ3n) is 3.68. The number of aliphatic hydroxyl groups is 1. The summed E-state index contributed by atoms with van der Waals surface area (Å²) in [7, 11) is 0. The summed E-state index contributed by atoms with van der Waals surface area (Å²) in [6.45, 7) is 10.5. The quantitative estimate of drug-likeness (QED) is 0.640. The van der Waals surface area contributed by atoms with Gasteiger partial charge in [-0.1, -0.05) is 44.2 Å². The smallest absolute Gasteiger partial charge is 0.407 e. The number of aliphatic hydroxyl groups excluding tert-OH is 1. The van der Waals surface area contributed by atoms with Crippen LogP contribution in [-0.4, -0.2) is 42.0 Å². The zero-order valence-electron chi connectivity index (χ0n) is 16.2. The number of hydrogen-bond acceptors (Lipinski definition) is 4. The monoisotopic (exact) mass is 350 g/mol. The number of benzene rings is 1. The molecule has 1 aromatic carbocycles. The molecule has 142 valence electrons. The van der Waals surface area contributed by atoms with Crippen molar-refractivity contribution in [3.8, 4) is 0 Å². The lowest BCUT2D eigenvalue weighted by molar-refractivity contribution is 0.0502. The maximum atomic E-state index is 12.1. The van der Waals surface area contributed by atoms with Gasteiger partial charge in [0.1, 0.15) is 5.60 Å². The summed E-state index contributed by atoms with van der Waals surface area (Å²) in [6.07, 6.45) is 1.17. The zero-order chi connectivity index (χ0) is 18.9. The number of carbonyl (C=O) groups excluding carboxylic acids is 1. The number of hydrogen-bond donors (Lipinski definition) is 3. The summed E-state index contributed by atoms with van der Waals surface area (Å²) >= 11 is 0. The molecule has 0 saturated heterocycles. The first-order chi connectivity index (χ1) is 11.7. The number of rotatable bonds is 9. The number of nitrogens with one attached hydrogen (secondary N) is 2. The Morgan fingerprint density at radius 2 is 1.80 bits per heavy atom. The average molecular weight is 351 g/mol. The van der Waals surface area contributed by atoms with E-state index in [1.54, 1.807) is 0 Å². The minimum atomic E-state index is -0.528. The van der Waals surface area contributed by atoms with Gasteiger partial charge in [0.05, 0.1) is 6.61 Å². The van der Waals surface area contributed by atoms with Crippen LogP contribution in [0, 0.1) is 5.92 Å². The lowest BCUT2D eigenvalue weighted by Gasteiger charge is -2.26. The van der Waals surface area contributed by atoms with Crippen LogP contribution in [0.5, 0.6) is 0 Å². The molecule has 0 spiro atoms. The van der Waals surface area contributed by atoms with Crippen molar-refractivity contribution >= 4 is 6.09 Å². The molecule has 2 atom stereocenters. The fraction of sp³-hybridized carbons (Fsp3) is 0.650. The topological polar surface area (TPSA) is 70.6 Å². The minimum absolute atomic E-state index is 0.0266. The van der Waals surface area contributed by atoms with Crippen LogP contribution in [0.1, 0.15) is 46.6 Å². The molecule has 5 nitrogen and oxygen atoms in total. The Bertz CT molecular complexity index is 497. The Morgan fingerprint density at radius 3 is 2.32 bits per heavy atom.